The number of methoxy groups -OCH3 is 1. The molecule has 0 saturated heterocycles. The van der Waals surface area contributed by atoms with Crippen molar-refractivity contribution in [2.75, 3.05) is 7.11 Å². The van der Waals surface area contributed by atoms with Gasteiger partial charge in [-0.25, -0.2) is 4.98 Å². The van der Waals surface area contributed by atoms with E-state index >= 15 is 0 Å². The molecule has 0 unspecified atom stereocenters. The van der Waals surface area contributed by atoms with Gasteiger partial charge in [0.05, 0.1) is 18.4 Å². The number of benzene rings is 1. The molecule has 2 aromatic heterocycles. The third kappa shape index (κ3) is 2.33. The average Bonchev–Trinajstić information content (AvgIpc) is 2.87. The highest BCUT2D eigenvalue weighted by Crippen LogP contribution is 2.32. The first kappa shape index (κ1) is 16.1. The molecular formula is C19H21N3O2. The molecule has 0 radical (unpaired) electrons. The Kier molecular flexibility index (Phi) is 3.79. The van der Waals surface area contributed by atoms with Crippen LogP contribution in [0.15, 0.2) is 24.4 Å². The minimum Gasteiger partial charge on any atom is -0.496 e. The maximum atomic E-state index is 11.9. The Morgan fingerprint density at radius 1 is 1.17 bits per heavy atom. The molecule has 5 heteroatoms. The van der Waals surface area contributed by atoms with Crippen molar-refractivity contribution in [1.29, 1.82) is 0 Å². The quantitative estimate of drug-likeness (QED) is 0.803. The van der Waals surface area contributed by atoms with Gasteiger partial charge in [0.15, 0.2) is 0 Å². The number of primary amides is 1. The number of aryl methyl sites for hydroxylation is 3. The van der Waals surface area contributed by atoms with E-state index in [9.17, 15) is 4.79 Å². The highest BCUT2D eigenvalue weighted by atomic mass is 16.5. The number of carbonyl (C=O) groups excluding carboxylic acids is 1. The molecule has 24 heavy (non-hydrogen) atoms. The third-order valence-corrected chi connectivity index (χ3v) is 4.53. The summed E-state index contributed by atoms with van der Waals surface area (Å²) in [6, 6.07) is 5.91. The van der Waals surface area contributed by atoms with Gasteiger partial charge in [0.25, 0.3) is 5.91 Å². The first-order valence-electron chi connectivity index (χ1n) is 7.78. The maximum Gasteiger partial charge on any atom is 0.250 e. The van der Waals surface area contributed by atoms with Gasteiger partial charge in [-0.1, -0.05) is 6.07 Å². The highest BCUT2D eigenvalue weighted by Gasteiger charge is 2.19. The van der Waals surface area contributed by atoms with Crippen LogP contribution in [-0.2, 0) is 0 Å². The van der Waals surface area contributed by atoms with Gasteiger partial charge in [-0.15, -0.1) is 0 Å². The summed E-state index contributed by atoms with van der Waals surface area (Å²) in [6.45, 7) is 7.96. The molecule has 0 aliphatic heterocycles. The van der Waals surface area contributed by atoms with E-state index in [1.165, 1.54) is 0 Å². The number of aromatic nitrogens is 2. The summed E-state index contributed by atoms with van der Waals surface area (Å²) in [6.07, 6.45) is 1.77. The Bertz CT molecular complexity index is 971. The van der Waals surface area contributed by atoms with Crippen LogP contribution >= 0.6 is 0 Å². The minimum absolute atomic E-state index is 0.456. The summed E-state index contributed by atoms with van der Waals surface area (Å²) in [4.78, 5) is 16.6. The zero-order valence-electron chi connectivity index (χ0n) is 14.6. The van der Waals surface area contributed by atoms with Gasteiger partial charge in [-0.3, -0.25) is 9.36 Å². The Morgan fingerprint density at radius 3 is 2.50 bits per heavy atom. The van der Waals surface area contributed by atoms with Crippen LogP contribution in [0, 0.1) is 27.7 Å². The molecule has 124 valence electrons. The number of rotatable bonds is 3. The number of fused-ring (bicyclic) bond motifs is 1. The number of nitrogens with zero attached hydrogens (tertiary/aromatic N) is 2. The Hall–Kier alpha value is -2.82. The molecule has 1 amide bonds. The van der Waals surface area contributed by atoms with E-state index < -0.39 is 5.91 Å². The molecule has 3 aromatic rings. The molecule has 0 aliphatic rings. The van der Waals surface area contributed by atoms with Gasteiger partial charge in [0, 0.05) is 22.8 Å². The second-order valence-corrected chi connectivity index (χ2v) is 6.10. The summed E-state index contributed by atoms with van der Waals surface area (Å²) in [5.41, 5.74) is 11.8. The lowest BCUT2D eigenvalue weighted by Gasteiger charge is -2.15. The number of amides is 1. The smallest absolute Gasteiger partial charge is 0.250 e. The highest BCUT2D eigenvalue weighted by molar-refractivity contribution is 6.06. The fraction of sp³-hybridized carbons (Fsp3) is 0.263. The third-order valence-electron chi connectivity index (χ3n) is 4.53. The molecule has 0 bridgehead atoms. The van der Waals surface area contributed by atoms with Crippen LogP contribution in [-0.4, -0.2) is 22.6 Å². The normalized spacial score (nSPS) is 11.0. The van der Waals surface area contributed by atoms with Crippen LogP contribution in [0.1, 0.15) is 32.7 Å². The molecule has 1 aromatic carbocycles. The van der Waals surface area contributed by atoms with E-state index in [2.05, 4.69) is 0 Å². The van der Waals surface area contributed by atoms with Crippen molar-refractivity contribution in [1.82, 2.24) is 9.55 Å². The topological polar surface area (TPSA) is 70.1 Å². The summed E-state index contributed by atoms with van der Waals surface area (Å²) < 4.78 is 7.39. The molecule has 0 saturated carbocycles. The Labute approximate surface area is 141 Å². The molecule has 3 rings (SSSR count). The van der Waals surface area contributed by atoms with E-state index in [1.807, 2.05) is 50.5 Å². The number of ether oxygens (including phenoxy) is 1. The van der Waals surface area contributed by atoms with E-state index in [-0.39, 0.29) is 0 Å². The van der Waals surface area contributed by atoms with E-state index in [0.29, 0.717) is 5.56 Å². The molecule has 5 nitrogen and oxygen atoms in total. The van der Waals surface area contributed by atoms with Crippen LogP contribution in [0.5, 0.6) is 5.75 Å². The van der Waals surface area contributed by atoms with Crippen LogP contribution in [0.25, 0.3) is 16.7 Å². The Morgan fingerprint density at radius 2 is 1.88 bits per heavy atom. The van der Waals surface area contributed by atoms with Crippen molar-refractivity contribution in [2.45, 2.75) is 27.7 Å². The average molecular weight is 323 g/mol. The number of pyridine rings is 1. The molecule has 0 fully saturated rings. The summed E-state index contributed by atoms with van der Waals surface area (Å²) in [7, 11) is 1.65. The van der Waals surface area contributed by atoms with E-state index in [4.69, 9.17) is 15.5 Å². The van der Waals surface area contributed by atoms with Crippen molar-refractivity contribution in [3.63, 3.8) is 0 Å². The maximum absolute atomic E-state index is 11.9. The molecule has 0 atom stereocenters. The van der Waals surface area contributed by atoms with Gasteiger partial charge in [-0.2, -0.15) is 0 Å². The summed E-state index contributed by atoms with van der Waals surface area (Å²) in [5, 5.41) is 0.771. The minimum atomic E-state index is -0.456. The SMILES string of the molecule is COc1ccc(C)c(-n2cc(C(N)=O)c3cc(C)c(C)nc32)c1C. The van der Waals surface area contributed by atoms with Crippen LogP contribution in [0.3, 0.4) is 0 Å². The standard InChI is InChI=1S/C19H21N3O2/c1-10-6-7-16(24-5)12(3)17(10)22-9-15(18(20)23)14-8-11(2)13(4)21-19(14)22/h6-9H,1-5H3,(H2,20,23). The second-order valence-electron chi connectivity index (χ2n) is 6.10. The van der Waals surface area contributed by atoms with Crippen molar-refractivity contribution in [3.05, 3.63) is 52.3 Å². The van der Waals surface area contributed by atoms with Gasteiger partial charge in [0.2, 0.25) is 0 Å². The molecule has 0 spiro atoms. The van der Waals surface area contributed by atoms with Crippen molar-refractivity contribution < 1.29 is 9.53 Å². The van der Waals surface area contributed by atoms with Gasteiger partial charge in [-0.05, 0) is 51.0 Å². The van der Waals surface area contributed by atoms with Crippen molar-refractivity contribution in [2.24, 2.45) is 5.73 Å². The fourth-order valence-corrected chi connectivity index (χ4v) is 3.11. The summed E-state index contributed by atoms with van der Waals surface area (Å²) >= 11 is 0. The van der Waals surface area contributed by atoms with Crippen LogP contribution in [0.2, 0.25) is 0 Å². The Balaban J connectivity index is 2.44. The van der Waals surface area contributed by atoms with Crippen LogP contribution < -0.4 is 10.5 Å². The lowest BCUT2D eigenvalue weighted by molar-refractivity contribution is 0.100. The van der Waals surface area contributed by atoms with Gasteiger partial charge < -0.3 is 10.5 Å². The van der Waals surface area contributed by atoms with E-state index in [0.717, 1.165) is 44.9 Å². The van der Waals surface area contributed by atoms with Crippen molar-refractivity contribution >= 4 is 16.9 Å². The molecular weight excluding hydrogens is 302 g/mol. The molecule has 2 N–H and O–H groups in total. The largest absolute Gasteiger partial charge is 0.496 e. The first-order chi connectivity index (χ1) is 11.3. The second kappa shape index (κ2) is 5.67. The lowest BCUT2D eigenvalue weighted by atomic mass is 10.1. The predicted octanol–water partition coefficient (Wildman–Crippen LogP) is 3.37. The number of nitrogens with two attached hydrogens (primary N) is 1. The zero-order valence-corrected chi connectivity index (χ0v) is 14.6. The summed E-state index contributed by atoms with van der Waals surface area (Å²) in [5.74, 6) is 0.337. The van der Waals surface area contributed by atoms with Gasteiger partial charge >= 0.3 is 0 Å². The van der Waals surface area contributed by atoms with Crippen LogP contribution in [0.4, 0.5) is 0 Å². The number of carbonyl (C=O) groups is 1. The zero-order chi connectivity index (χ0) is 17.6. The van der Waals surface area contributed by atoms with Crippen molar-refractivity contribution in [3.8, 4) is 11.4 Å². The molecule has 0 aliphatic carbocycles. The lowest BCUT2D eigenvalue weighted by Crippen LogP contribution is -2.10. The predicted molar refractivity (Wildman–Crippen MR) is 95.1 cm³/mol. The molecule has 2 heterocycles. The first-order valence-corrected chi connectivity index (χ1v) is 7.78. The van der Waals surface area contributed by atoms with Gasteiger partial charge in [0.1, 0.15) is 11.4 Å². The fourth-order valence-electron chi connectivity index (χ4n) is 3.11. The van der Waals surface area contributed by atoms with E-state index in [1.54, 1.807) is 13.3 Å². The monoisotopic (exact) mass is 323 g/mol. The number of hydrogen-bond acceptors (Lipinski definition) is 3. The number of hydrogen-bond donors (Lipinski definition) is 1.